The van der Waals surface area contributed by atoms with Gasteiger partial charge in [-0.3, -0.25) is 4.79 Å². The Kier molecular flexibility index (Phi) is 4.29. The summed E-state index contributed by atoms with van der Waals surface area (Å²) in [4.78, 5) is 14.2. The Morgan fingerprint density at radius 3 is 2.83 bits per heavy atom. The van der Waals surface area contributed by atoms with Gasteiger partial charge in [0.05, 0.1) is 17.2 Å². The normalized spacial score (nSPS) is 10.2. The van der Waals surface area contributed by atoms with Gasteiger partial charge < -0.3 is 4.90 Å². The summed E-state index contributed by atoms with van der Waals surface area (Å²) in [5.41, 5.74) is 2.52. The molecular weight excluding hydrogens is 304 g/mol. The van der Waals surface area contributed by atoms with E-state index in [4.69, 9.17) is 5.26 Å². The minimum Gasteiger partial charge on any atom is -0.337 e. The number of nitrogens with one attached hydrogen (secondary N) is 1. The summed E-state index contributed by atoms with van der Waals surface area (Å²) < 4.78 is 0. The predicted octanol–water partition coefficient (Wildman–Crippen LogP) is 2.01. The first-order valence-electron chi connectivity index (χ1n) is 7.26. The SMILES string of the molecule is CN(Cc1cccc(-c2nn[nH]n2)c1)C(=O)c1ccccc1C#N. The fourth-order valence-corrected chi connectivity index (χ4v) is 2.41. The summed E-state index contributed by atoms with van der Waals surface area (Å²) in [6, 6.07) is 16.4. The van der Waals surface area contributed by atoms with Gasteiger partial charge in [-0.1, -0.05) is 30.3 Å². The van der Waals surface area contributed by atoms with E-state index < -0.39 is 0 Å². The smallest absolute Gasteiger partial charge is 0.255 e. The second kappa shape index (κ2) is 6.71. The van der Waals surface area contributed by atoms with Crippen molar-refractivity contribution in [2.45, 2.75) is 6.54 Å². The molecule has 0 fully saturated rings. The molecule has 0 aliphatic rings. The number of nitriles is 1. The minimum absolute atomic E-state index is 0.197. The van der Waals surface area contributed by atoms with E-state index in [9.17, 15) is 4.79 Å². The van der Waals surface area contributed by atoms with Crippen molar-refractivity contribution in [3.05, 3.63) is 65.2 Å². The number of amides is 1. The fraction of sp³-hybridized carbons (Fsp3) is 0.118. The predicted molar refractivity (Wildman–Crippen MR) is 86.6 cm³/mol. The van der Waals surface area contributed by atoms with Crippen LogP contribution in [0.25, 0.3) is 11.4 Å². The summed E-state index contributed by atoms with van der Waals surface area (Å²) >= 11 is 0. The number of tetrazole rings is 1. The Morgan fingerprint density at radius 2 is 2.08 bits per heavy atom. The number of aromatic amines is 1. The molecule has 0 radical (unpaired) electrons. The number of hydrogen-bond acceptors (Lipinski definition) is 5. The van der Waals surface area contributed by atoms with E-state index >= 15 is 0 Å². The van der Waals surface area contributed by atoms with Crippen LogP contribution in [-0.4, -0.2) is 38.5 Å². The van der Waals surface area contributed by atoms with Gasteiger partial charge in [0.15, 0.2) is 0 Å². The van der Waals surface area contributed by atoms with Crippen LogP contribution in [0.15, 0.2) is 48.5 Å². The molecule has 0 aliphatic carbocycles. The molecule has 0 aliphatic heterocycles. The van der Waals surface area contributed by atoms with Crippen LogP contribution < -0.4 is 0 Å². The van der Waals surface area contributed by atoms with Crippen molar-refractivity contribution in [1.82, 2.24) is 25.5 Å². The van der Waals surface area contributed by atoms with Crippen molar-refractivity contribution in [2.24, 2.45) is 0 Å². The van der Waals surface area contributed by atoms with Crippen LogP contribution in [0.2, 0.25) is 0 Å². The zero-order chi connectivity index (χ0) is 16.9. The van der Waals surface area contributed by atoms with Gasteiger partial charge in [-0.15, -0.1) is 10.2 Å². The zero-order valence-electron chi connectivity index (χ0n) is 13.0. The molecule has 3 aromatic rings. The highest BCUT2D eigenvalue weighted by Gasteiger charge is 2.16. The molecule has 1 N–H and O–H groups in total. The number of carbonyl (C=O) groups excluding carboxylic acids is 1. The van der Waals surface area contributed by atoms with Crippen LogP contribution in [-0.2, 0) is 6.54 Å². The summed E-state index contributed by atoms with van der Waals surface area (Å²) in [6.45, 7) is 0.407. The second-order valence-electron chi connectivity index (χ2n) is 5.25. The van der Waals surface area contributed by atoms with Crippen molar-refractivity contribution in [3.8, 4) is 17.5 Å². The largest absolute Gasteiger partial charge is 0.337 e. The molecule has 3 rings (SSSR count). The molecular formula is C17H14N6O. The summed E-state index contributed by atoms with van der Waals surface area (Å²) in [5, 5.41) is 23.0. The Balaban J connectivity index is 1.80. The quantitative estimate of drug-likeness (QED) is 0.793. The molecule has 24 heavy (non-hydrogen) atoms. The standard InChI is InChI=1S/C17H14N6O/c1-23(17(24)15-8-3-2-6-14(15)10-18)11-12-5-4-7-13(9-12)16-19-21-22-20-16/h2-9H,11H2,1H3,(H,19,20,21,22). The lowest BCUT2D eigenvalue weighted by Crippen LogP contribution is -2.26. The maximum absolute atomic E-state index is 12.6. The van der Waals surface area contributed by atoms with Crippen LogP contribution >= 0.6 is 0 Å². The average molecular weight is 318 g/mol. The maximum atomic E-state index is 12.6. The fourth-order valence-electron chi connectivity index (χ4n) is 2.41. The zero-order valence-corrected chi connectivity index (χ0v) is 13.0. The Hall–Kier alpha value is -3.53. The van der Waals surface area contributed by atoms with Crippen LogP contribution in [0.5, 0.6) is 0 Å². The minimum atomic E-state index is -0.197. The van der Waals surface area contributed by atoms with Gasteiger partial charge in [-0.05, 0) is 29.0 Å². The molecule has 0 unspecified atom stereocenters. The van der Waals surface area contributed by atoms with Crippen molar-refractivity contribution in [2.75, 3.05) is 7.05 Å². The third kappa shape index (κ3) is 3.13. The molecule has 1 amide bonds. The Morgan fingerprint density at radius 1 is 1.25 bits per heavy atom. The monoisotopic (exact) mass is 318 g/mol. The lowest BCUT2D eigenvalue weighted by Gasteiger charge is -2.18. The van der Waals surface area contributed by atoms with Crippen LogP contribution in [0.1, 0.15) is 21.5 Å². The molecule has 7 nitrogen and oxygen atoms in total. The van der Waals surface area contributed by atoms with E-state index in [1.807, 2.05) is 30.3 Å². The Bertz CT molecular complexity index is 897. The summed E-state index contributed by atoms with van der Waals surface area (Å²) in [6.07, 6.45) is 0. The first-order valence-corrected chi connectivity index (χ1v) is 7.26. The third-order valence-electron chi connectivity index (χ3n) is 3.57. The molecule has 0 atom stereocenters. The lowest BCUT2D eigenvalue weighted by molar-refractivity contribution is 0.0785. The number of H-pyrrole nitrogens is 1. The molecule has 2 aromatic carbocycles. The molecule has 0 bridgehead atoms. The van der Waals surface area contributed by atoms with Gasteiger partial charge in [-0.2, -0.15) is 10.5 Å². The molecule has 0 spiro atoms. The topological polar surface area (TPSA) is 98.6 Å². The first kappa shape index (κ1) is 15.4. The average Bonchev–Trinajstić information content (AvgIpc) is 3.16. The van der Waals surface area contributed by atoms with Gasteiger partial charge >= 0.3 is 0 Å². The molecule has 1 aromatic heterocycles. The number of nitrogens with zero attached hydrogens (tertiary/aromatic N) is 5. The number of aromatic nitrogens is 4. The van der Waals surface area contributed by atoms with Gasteiger partial charge in [0, 0.05) is 19.2 Å². The molecule has 7 heteroatoms. The van der Waals surface area contributed by atoms with E-state index in [1.165, 1.54) is 0 Å². The summed E-state index contributed by atoms with van der Waals surface area (Å²) in [5.74, 6) is 0.303. The molecule has 0 saturated carbocycles. The highest BCUT2D eigenvalue weighted by atomic mass is 16.2. The van der Waals surface area contributed by atoms with Crippen molar-refractivity contribution < 1.29 is 4.79 Å². The summed E-state index contributed by atoms with van der Waals surface area (Å²) in [7, 11) is 1.71. The van der Waals surface area contributed by atoms with Crippen molar-refractivity contribution in [1.29, 1.82) is 5.26 Å². The van der Waals surface area contributed by atoms with E-state index in [0.29, 0.717) is 23.5 Å². The van der Waals surface area contributed by atoms with Gasteiger partial charge in [0.1, 0.15) is 0 Å². The van der Waals surface area contributed by atoms with E-state index in [-0.39, 0.29) is 5.91 Å². The number of hydrogen-bond donors (Lipinski definition) is 1. The number of rotatable bonds is 4. The third-order valence-corrected chi connectivity index (χ3v) is 3.57. The van der Waals surface area contributed by atoms with Gasteiger partial charge in [-0.25, -0.2) is 0 Å². The highest BCUT2D eigenvalue weighted by Crippen LogP contribution is 2.17. The number of benzene rings is 2. The van der Waals surface area contributed by atoms with Crippen molar-refractivity contribution >= 4 is 5.91 Å². The van der Waals surface area contributed by atoms with E-state index in [2.05, 4.69) is 20.6 Å². The van der Waals surface area contributed by atoms with E-state index in [0.717, 1.165) is 11.1 Å². The highest BCUT2D eigenvalue weighted by molar-refractivity contribution is 5.96. The first-order chi connectivity index (χ1) is 11.7. The maximum Gasteiger partial charge on any atom is 0.255 e. The molecule has 0 saturated heterocycles. The van der Waals surface area contributed by atoms with Crippen LogP contribution in [0, 0.1) is 11.3 Å². The number of carbonyl (C=O) groups is 1. The molecule has 1 heterocycles. The second-order valence-corrected chi connectivity index (χ2v) is 5.25. The van der Waals surface area contributed by atoms with Crippen molar-refractivity contribution in [3.63, 3.8) is 0 Å². The lowest BCUT2D eigenvalue weighted by atomic mass is 10.1. The van der Waals surface area contributed by atoms with Gasteiger partial charge in [0.2, 0.25) is 5.82 Å². The molecule has 118 valence electrons. The van der Waals surface area contributed by atoms with E-state index in [1.54, 1.807) is 36.2 Å². The Labute approximate surface area is 138 Å². The van der Waals surface area contributed by atoms with Crippen LogP contribution in [0.3, 0.4) is 0 Å². The van der Waals surface area contributed by atoms with Gasteiger partial charge in [0.25, 0.3) is 5.91 Å². The van der Waals surface area contributed by atoms with Crippen LogP contribution in [0.4, 0.5) is 0 Å².